The van der Waals surface area contributed by atoms with Gasteiger partial charge in [-0.15, -0.1) is 9.78 Å². The third-order valence-corrected chi connectivity index (χ3v) is 13.0. The molecule has 10 rings (SSSR count). The number of allylic oxidation sites excluding steroid dienone is 1. The summed E-state index contributed by atoms with van der Waals surface area (Å²) >= 11 is 0. The van der Waals surface area contributed by atoms with E-state index in [1.807, 2.05) is 4.68 Å². The number of rotatable bonds is 7. The molecule has 1 aromatic heterocycles. The Labute approximate surface area is 274 Å². The van der Waals surface area contributed by atoms with Gasteiger partial charge in [-0.3, -0.25) is 9.80 Å². The van der Waals surface area contributed by atoms with Crippen molar-refractivity contribution in [1.29, 1.82) is 0 Å². The summed E-state index contributed by atoms with van der Waals surface area (Å²) in [5.41, 5.74) is 3.58. The molecule has 2 aliphatic carbocycles. The van der Waals surface area contributed by atoms with Gasteiger partial charge in [0.15, 0.2) is 17.4 Å². The van der Waals surface area contributed by atoms with E-state index in [9.17, 15) is 9.59 Å². The Bertz CT molecular complexity index is 1690. The quantitative estimate of drug-likeness (QED) is 0.250. The van der Waals surface area contributed by atoms with E-state index in [4.69, 9.17) is 9.47 Å². The number of carbonyl (C=O) groups excluding carboxylic acids is 2. The zero-order chi connectivity index (χ0) is 31.3. The molecule has 2 unspecified atom stereocenters. The molecular formula is C35H43N8O4+. The first-order valence-electron chi connectivity index (χ1n) is 18.1. The van der Waals surface area contributed by atoms with Gasteiger partial charge < -0.3 is 9.47 Å². The van der Waals surface area contributed by atoms with E-state index < -0.39 is 5.60 Å². The van der Waals surface area contributed by atoms with Crippen molar-refractivity contribution in [3.63, 3.8) is 0 Å². The number of nitrogens with zero attached hydrogens (tertiary/aromatic N) is 8. The van der Waals surface area contributed by atoms with Crippen molar-refractivity contribution in [1.82, 2.24) is 24.8 Å². The van der Waals surface area contributed by atoms with Crippen molar-refractivity contribution in [2.24, 2.45) is 16.3 Å². The fourth-order valence-electron chi connectivity index (χ4n) is 11.1. The standard InChI is InChI=1S/C35H43N8O4/c44-32-15-23-13-22(28-17-34(23,46-32)30-9-3-5-11-41(28)30)19-40-20-25(36-38-40)7-1-2-8-26-21-43(39-37-26)27-14-24-16-33(45)47-35(24)18-29(27)42-12-6-4-10-31(35)42/h15-16,19-22,27-31H,1-14,17-18H2/q+1/b40-19+/t22?,27-,28-,29-,30+,31?,34-,35-/m0/s1. The summed E-state index contributed by atoms with van der Waals surface area (Å²) in [5.74, 6) is -0.0536. The average Bonchev–Trinajstić information content (AvgIpc) is 3.92. The fourth-order valence-corrected chi connectivity index (χ4v) is 11.1. The van der Waals surface area contributed by atoms with Crippen LogP contribution in [0.4, 0.5) is 0 Å². The molecule has 12 heteroatoms. The highest BCUT2D eigenvalue weighted by atomic mass is 16.6. The summed E-state index contributed by atoms with van der Waals surface area (Å²) in [4.78, 5) is 30.0. The average molecular weight is 640 g/mol. The van der Waals surface area contributed by atoms with E-state index in [0.29, 0.717) is 24.2 Å². The molecule has 2 spiro atoms. The van der Waals surface area contributed by atoms with Gasteiger partial charge in [-0.05, 0) is 82.0 Å². The number of piperidine rings is 2. The molecule has 7 aliphatic heterocycles. The van der Waals surface area contributed by atoms with Crippen LogP contribution >= 0.6 is 0 Å². The lowest BCUT2D eigenvalue weighted by Crippen LogP contribution is -2.48. The SMILES string of the molecule is O=C1C=C2C[C@H](n3cc(CCCCC4=C/[N+](=C\C5CC6=CC(=O)O[C@@]67C[C@@H]5N5CCCC[C@@H]57)N=N4)nn3)[C@@H]3C[C@@]2(O1)C1CCCCN13. The minimum Gasteiger partial charge on any atom is -0.450 e. The summed E-state index contributed by atoms with van der Waals surface area (Å²) in [6.07, 6.45) is 24.1. The van der Waals surface area contributed by atoms with Gasteiger partial charge in [0, 0.05) is 55.6 Å². The van der Waals surface area contributed by atoms with Crippen LogP contribution in [0.25, 0.3) is 0 Å². The van der Waals surface area contributed by atoms with Crippen LogP contribution < -0.4 is 0 Å². The van der Waals surface area contributed by atoms with Crippen LogP contribution in [0.15, 0.2) is 51.7 Å². The van der Waals surface area contributed by atoms with E-state index in [1.54, 1.807) is 12.2 Å². The van der Waals surface area contributed by atoms with Crippen molar-refractivity contribution >= 4 is 18.2 Å². The normalized spacial score (nSPS) is 40.9. The number of aromatic nitrogens is 3. The predicted octanol–water partition coefficient (Wildman–Crippen LogP) is 3.96. The fraction of sp³-hybridized carbons (Fsp3) is 0.686. The minimum atomic E-state index is -0.403. The third-order valence-electron chi connectivity index (χ3n) is 13.0. The van der Waals surface area contributed by atoms with Gasteiger partial charge in [0.1, 0.15) is 11.4 Å². The van der Waals surface area contributed by atoms with Crippen LogP contribution in [-0.4, -0.2) is 96.1 Å². The van der Waals surface area contributed by atoms with Crippen molar-refractivity contribution < 1.29 is 23.7 Å². The molecule has 4 bridgehead atoms. The topological polar surface area (TPSA) is 118 Å². The maximum Gasteiger partial charge on any atom is 0.331 e. The Kier molecular flexibility index (Phi) is 6.36. The molecule has 246 valence electrons. The highest BCUT2D eigenvalue weighted by Gasteiger charge is 2.65. The zero-order valence-corrected chi connectivity index (χ0v) is 26.9. The summed E-state index contributed by atoms with van der Waals surface area (Å²) in [6, 6.07) is 1.51. The molecule has 8 heterocycles. The minimum absolute atomic E-state index is 0.165. The Balaban J connectivity index is 0.769. The summed E-state index contributed by atoms with van der Waals surface area (Å²) in [6.45, 7) is 2.15. The van der Waals surface area contributed by atoms with Crippen molar-refractivity contribution in [3.05, 3.63) is 47.1 Å². The summed E-state index contributed by atoms with van der Waals surface area (Å²) in [5, 5.41) is 18.1. The molecule has 6 fully saturated rings. The Hall–Kier alpha value is -3.51. The largest absolute Gasteiger partial charge is 0.450 e. The van der Waals surface area contributed by atoms with Crippen LogP contribution in [0.1, 0.15) is 95.2 Å². The highest BCUT2D eigenvalue weighted by molar-refractivity contribution is 5.88. The molecular weight excluding hydrogens is 596 g/mol. The first-order valence-corrected chi connectivity index (χ1v) is 18.1. The number of hydrogen-bond acceptors (Lipinski definition) is 10. The molecule has 2 saturated carbocycles. The number of esters is 2. The number of ether oxygens (including phenoxy) is 2. The van der Waals surface area contributed by atoms with Crippen molar-refractivity contribution in [2.75, 3.05) is 13.1 Å². The van der Waals surface area contributed by atoms with Crippen LogP contribution in [0.2, 0.25) is 0 Å². The number of carbonyl (C=O) groups is 2. The van der Waals surface area contributed by atoms with Gasteiger partial charge in [0.25, 0.3) is 0 Å². The molecule has 0 amide bonds. The molecule has 0 radical (unpaired) electrons. The molecule has 12 nitrogen and oxygen atoms in total. The second-order valence-corrected chi connectivity index (χ2v) is 15.4. The molecule has 9 aliphatic rings. The summed E-state index contributed by atoms with van der Waals surface area (Å²) in [7, 11) is 0. The maximum absolute atomic E-state index is 12.4. The third kappa shape index (κ3) is 4.29. The lowest BCUT2D eigenvalue weighted by molar-refractivity contribution is -0.462. The van der Waals surface area contributed by atoms with Crippen LogP contribution in [0, 0.1) is 5.92 Å². The van der Waals surface area contributed by atoms with Crippen LogP contribution in [0.5, 0.6) is 0 Å². The predicted molar refractivity (Wildman–Crippen MR) is 168 cm³/mol. The van der Waals surface area contributed by atoms with Crippen molar-refractivity contribution in [3.8, 4) is 0 Å². The van der Waals surface area contributed by atoms with Gasteiger partial charge in [-0.25, -0.2) is 14.3 Å². The zero-order valence-electron chi connectivity index (χ0n) is 26.9. The van der Waals surface area contributed by atoms with E-state index in [2.05, 4.69) is 53.7 Å². The highest BCUT2D eigenvalue weighted by Crippen LogP contribution is 2.57. The second kappa shape index (κ2) is 10.5. The number of hydrogen-bond donors (Lipinski definition) is 0. The van der Waals surface area contributed by atoms with Gasteiger partial charge in [0.2, 0.25) is 5.70 Å². The number of fused-ring (bicyclic) bond motifs is 6. The molecule has 0 N–H and O–H groups in total. The molecule has 47 heavy (non-hydrogen) atoms. The van der Waals surface area contributed by atoms with E-state index in [1.165, 1.54) is 31.3 Å². The monoisotopic (exact) mass is 639 g/mol. The van der Waals surface area contributed by atoms with Gasteiger partial charge >= 0.3 is 11.9 Å². The number of unbranched alkanes of at least 4 members (excludes halogenated alkanes) is 1. The smallest absolute Gasteiger partial charge is 0.331 e. The Morgan fingerprint density at radius 1 is 0.851 bits per heavy atom. The van der Waals surface area contributed by atoms with Gasteiger partial charge in [-0.1, -0.05) is 18.1 Å². The Morgan fingerprint density at radius 2 is 1.53 bits per heavy atom. The molecule has 4 saturated heterocycles. The number of aryl methyl sites for hydroxylation is 1. The van der Waals surface area contributed by atoms with Gasteiger partial charge in [-0.2, -0.15) is 0 Å². The van der Waals surface area contributed by atoms with Crippen LogP contribution in [-0.2, 0) is 25.5 Å². The first kappa shape index (κ1) is 28.5. The molecule has 8 atom stereocenters. The lowest BCUT2D eigenvalue weighted by atomic mass is 9.73. The van der Waals surface area contributed by atoms with Gasteiger partial charge in [0.05, 0.1) is 28.9 Å². The molecule has 0 aromatic carbocycles. The van der Waals surface area contributed by atoms with E-state index >= 15 is 0 Å². The van der Waals surface area contributed by atoms with E-state index in [-0.39, 0.29) is 29.5 Å². The lowest BCUT2D eigenvalue weighted by Gasteiger charge is -2.38. The maximum atomic E-state index is 12.4. The Morgan fingerprint density at radius 3 is 2.30 bits per heavy atom. The second-order valence-electron chi connectivity index (χ2n) is 15.4. The first-order chi connectivity index (χ1) is 23.0. The van der Waals surface area contributed by atoms with E-state index in [0.717, 1.165) is 94.3 Å². The molecule has 1 aromatic rings. The van der Waals surface area contributed by atoms with Crippen LogP contribution in [0.3, 0.4) is 0 Å². The van der Waals surface area contributed by atoms with Crippen molar-refractivity contribution in [2.45, 2.75) is 131 Å². The summed E-state index contributed by atoms with van der Waals surface area (Å²) < 4.78 is 16.0.